The van der Waals surface area contributed by atoms with Crippen molar-refractivity contribution in [2.75, 3.05) is 0 Å². The molecule has 0 fully saturated rings. The Morgan fingerprint density at radius 3 is 2.78 bits per heavy atom. The van der Waals surface area contributed by atoms with E-state index in [9.17, 15) is 9.59 Å². The Kier molecular flexibility index (Phi) is 2.80. The van der Waals surface area contributed by atoms with E-state index in [1.807, 2.05) is 30.5 Å². The third kappa shape index (κ3) is 1.71. The first-order chi connectivity index (χ1) is 8.68. The Bertz CT molecular complexity index is 632. The standard InChI is InChI=1S/C13H9NO2S2/c1-7(10-5-6-17-18-10)8-3-2-4-9-11(8)13(16)14-12(9)15/h2-6H,1H3,(H,14,15,16). The van der Waals surface area contributed by atoms with Gasteiger partial charge in [0.2, 0.25) is 0 Å². The Morgan fingerprint density at radius 2 is 2.06 bits per heavy atom. The first-order valence-electron chi connectivity index (χ1n) is 5.38. The smallest absolute Gasteiger partial charge is 0.259 e. The van der Waals surface area contributed by atoms with E-state index in [2.05, 4.69) is 5.32 Å². The summed E-state index contributed by atoms with van der Waals surface area (Å²) in [6.07, 6.45) is 2.03. The lowest BCUT2D eigenvalue weighted by molar-refractivity contribution is 0.0879. The summed E-state index contributed by atoms with van der Waals surface area (Å²) in [5.74, 6) is -0.608. The third-order valence-electron chi connectivity index (χ3n) is 2.95. The first-order valence-corrected chi connectivity index (χ1v) is 7.59. The molecule has 2 amide bonds. The van der Waals surface area contributed by atoms with Crippen LogP contribution in [0.4, 0.5) is 0 Å². The van der Waals surface area contributed by atoms with Crippen LogP contribution in [-0.2, 0) is 0 Å². The summed E-state index contributed by atoms with van der Waals surface area (Å²) in [5.41, 5.74) is 2.84. The van der Waals surface area contributed by atoms with E-state index in [0.29, 0.717) is 11.1 Å². The van der Waals surface area contributed by atoms with Crippen LogP contribution in [0.25, 0.3) is 5.57 Å². The van der Waals surface area contributed by atoms with E-state index in [1.54, 1.807) is 27.7 Å². The van der Waals surface area contributed by atoms with Crippen LogP contribution >= 0.6 is 21.6 Å². The zero-order valence-corrected chi connectivity index (χ0v) is 11.2. The van der Waals surface area contributed by atoms with Crippen molar-refractivity contribution in [3.63, 3.8) is 0 Å². The third-order valence-corrected chi connectivity index (χ3v) is 5.08. The molecule has 0 radical (unpaired) electrons. The summed E-state index contributed by atoms with van der Waals surface area (Å²) < 4.78 is 0. The number of rotatable bonds is 1. The van der Waals surface area contributed by atoms with Gasteiger partial charge in [0, 0.05) is 4.91 Å². The highest BCUT2D eigenvalue weighted by atomic mass is 33.1. The van der Waals surface area contributed by atoms with Crippen molar-refractivity contribution in [1.29, 1.82) is 0 Å². The number of allylic oxidation sites excluding steroid dienone is 2. The number of hydrogen-bond acceptors (Lipinski definition) is 4. The van der Waals surface area contributed by atoms with Crippen LogP contribution in [-0.4, -0.2) is 11.8 Å². The van der Waals surface area contributed by atoms with Crippen LogP contribution in [0.15, 0.2) is 34.6 Å². The Morgan fingerprint density at radius 1 is 1.22 bits per heavy atom. The Labute approximate surface area is 112 Å². The van der Waals surface area contributed by atoms with Gasteiger partial charge in [-0.1, -0.05) is 33.7 Å². The molecule has 0 atom stereocenters. The van der Waals surface area contributed by atoms with Crippen LogP contribution < -0.4 is 5.32 Å². The zero-order valence-electron chi connectivity index (χ0n) is 9.52. The number of nitrogens with one attached hydrogen (secondary N) is 1. The van der Waals surface area contributed by atoms with Gasteiger partial charge in [-0.05, 0) is 35.6 Å². The molecule has 2 aliphatic rings. The van der Waals surface area contributed by atoms with E-state index in [-0.39, 0.29) is 11.8 Å². The van der Waals surface area contributed by atoms with Crippen LogP contribution in [0, 0.1) is 0 Å². The van der Waals surface area contributed by atoms with Crippen LogP contribution in [0.2, 0.25) is 0 Å². The van der Waals surface area contributed by atoms with Gasteiger partial charge >= 0.3 is 0 Å². The molecule has 1 aromatic rings. The molecule has 90 valence electrons. The fraction of sp³-hybridized carbons (Fsp3) is 0.0769. The Balaban J connectivity index is 2.21. The summed E-state index contributed by atoms with van der Waals surface area (Å²) in [4.78, 5) is 24.6. The Hall–Kier alpha value is -1.46. The summed E-state index contributed by atoms with van der Waals surface area (Å²) in [6, 6.07) is 5.38. The maximum Gasteiger partial charge on any atom is 0.259 e. The molecular weight excluding hydrogens is 266 g/mol. The normalized spacial score (nSPS) is 20.1. The van der Waals surface area contributed by atoms with Crippen LogP contribution in [0.3, 0.4) is 0 Å². The van der Waals surface area contributed by atoms with E-state index < -0.39 is 0 Å². The maximum absolute atomic E-state index is 11.8. The monoisotopic (exact) mass is 275 g/mol. The second-order valence-electron chi connectivity index (χ2n) is 3.98. The van der Waals surface area contributed by atoms with Crippen molar-refractivity contribution in [2.24, 2.45) is 0 Å². The molecule has 0 bridgehead atoms. The number of carbonyl (C=O) groups is 2. The predicted octanol–water partition coefficient (Wildman–Crippen LogP) is 3.21. The highest BCUT2D eigenvalue weighted by Crippen LogP contribution is 2.43. The number of hydrogen-bond donors (Lipinski definition) is 1. The first kappa shape index (κ1) is 11.6. The van der Waals surface area contributed by atoms with Gasteiger partial charge in [-0.2, -0.15) is 0 Å². The van der Waals surface area contributed by atoms with Crippen LogP contribution in [0.5, 0.6) is 0 Å². The molecule has 1 aromatic carbocycles. The lowest BCUT2D eigenvalue weighted by Crippen LogP contribution is -2.20. The summed E-state index contributed by atoms with van der Waals surface area (Å²) in [7, 11) is 3.31. The molecule has 1 N–H and O–H groups in total. The van der Waals surface area contributed by atoms with Gasteiger partial charge in [-0.3, -0.25) is 14.9 Å². The van der Waals surface area contributed by atoms with E-state index in [0.717, 1.165) is 16.0 Å². The summed E-state index contributed by atoms with van der Waals surface area (Å²) in [5, 5.41) is 4.35. The average Bonchev–Trinajstić information content (AvgIpc) is 2.98. The molecule has 2 aliphatic heterocycles. The largest absolute Gasteiger partial charge is 0.288 e. The maximum atomic E-state index is 11.8. The van der Waals surface area contributed by atoms with E-state index in [4.69, 9.17) is 0 Å². The second-order valence-corrected chi connectivity index (χ2v) is 6.13. The van der Waals surface area contributed by atoms with Gasteiger partial charge in [-0.25, -0.2) is 0 Å². The molecule has 5 heteroatoms. The van der Waals surface area contributed by atoms with Crippen molar-refractivity contribution in [2.45, 2.75) is 6.92 Å². The fourth-order valence-corrected chi connectivity index (χ4v) is 4.03. The number of fused-ring (bicyclic) bond motifs is 1. The molecule has 18 heavy (non-hydrogen) atoms. The topological polar surface area (TPSA) is 46.2 Å². The van der Waals surface area contributed by atoms with Crippen molar-refractivity contribution in [3.8, 4) is 0 Å². The minimum Gasteiger partial charge on any atom is -0.288 e. The number of amides is 2. The molecule has 3 nitrogen and oxygen atoms in total. The zero-order chi connectivity index (χ0) is 12.7. The van der Waals surface area contributed by atoms with Gasteiger partial charge in [0.15, 0.2) is 0 Å². The lowest BCUT2D eigenvalue weighted by Gasteiger charge is -2.08. The quantitative estimate of drug-likeness (QED) is 0.631. The molecule has 3 rings (SSSR count). The molecule has 0 spiro atoms. The second kappa shape index (κ2) is 4.33. The van der Waals surface area contributed by atoms with E-state index >= 15 is 0 Å². The van der Waals surface area contributed by atoms with Gasteiger partial charge in [-0.15, -0.1) is 0 Å². The summed E-state index contributed by atoms with van der Waals surface area (Å²) in [6.45, 7) is 1.98. The summed E-state index contributed by atoms with van der Waals surface area (Å²) >= 11 is 0. The van der Waals surface area contributed by atoms with Gasteiger partial charge in [0.25, 0.3) is 11.8 Å². The minimum absolute atomic E-state index is 0.301. The van der Waals surface area contributed by atoms with Gasteiger partial charge < -0.3 is 0 Å². The fourth-order valence-electron chi connectivity index (χ4n) is 2.05. The molecule has 0 aromatic heterocycles. The molecule has 0 saturated carbocycles. The number of benzene rings is 1. The van der Waals surface area contributed by atoms with Crippen molar-refractivity contribution >= 4 is 39.0 Å². The SMILES string of the molecule is CC(=C1C=CSS1)c1cccc2c1C(=O)NC2=O. The number of imide groups is 1. The average molecular weight is 275 g/mol. The lowest BCUT2D eigenvalue weighted by atomic mass is 9.97. The molecule has 2 heterocycles. The van der Waals surface area contributed by atoms with Crippen molar-refractivity contribution in [3.05, 3.63) is 51.3 Å². The molecule has 0 unspecified atom stereocenters. The molecular formula is C13H9NO2S2. The van der Waals surface area contributed by atoms with Crippen LogP contribution in [0.1, 0.15) is 33.2 Å². The predicted molar refractivity (Wildman–Crippen MR) is 75.2 cm³/mol. The van der Waals surface area contributed by atoms with Gasteiger partial charge in [0.05, 0.1) is 11.1 Å². The highest BCUT2D eigenvalue weighted by molar-refractivity contribution is 8.79. The minimum atomic E-state index is -0.307. The van der Waals surface area contributed by atoms with Crippen molar-refractivity contribution < 1.29 is 9.59 Å². The number of carbonyl (C=O) groups excluding carboxylic acids is 2. The van der Waals surface area contributed by atoms with Gasteiger partial charge in [0.1, 0.15) is 0 Å². The van der Waals surface area contributed by atoms with Crippen molar-refractivity contribution in [1.82, 2.24) is 5.32 Å². The van der Waals surface area contributed by atoms with E-state index in [1.165, 1.54) is 0 Å². The molecule has 0 aliphatic carbocycles. The highest BCUT2D eigenvalue weighted by Gasteiger charge is 2.29. The molecule has 0 saturated heterocycles.